The first-order valence-corrected chi connectivity index (χ1v) is 12.7. The van der Waals surface area contributed by atoms with Gasteiger partial charge in [0, 0.05) is 19.2 Å². The van der Waals surface area contributed by atoms with Gasteiger partial charge in [-0.25, -0.2) is 15.6 Å². The van der Waals surface area contributed by atoms with Gasteiger partial charge in [0.15, 0.2) is 0 Å². The normalized spacial score (nSPS) is 16.8. The maximum Gasteiger partial charge on any atom is 0.514 e. The van der Waals surface area contributed by atoms with E-state index in [4.69, 9.17) is 30.6 Å². The highest BCUT2D eigenvalue weighted by Gasteiger charge is 2.20. The Morgan fingerprint density at radius 2 is 1.90 bits per heavy atom. The summed E-state index contributed by atoms with van der Waals surface area (Å²) in [4.78, 5) is 35.8. The van der Waals surface area contributed by atoms with E-state index in [-0.39, 0.29) is 23.7 Å². The second-order valence-electron chi connectivity index (χ2n) is 9.42. The minimum absolute atomic E-state index is 0.0979. The fourth-order valence-corrected chi connectivity index (χ4v) is 4.18. The van der Waals surface area contributed by atoms with Crippen LogP contribution >= 0.6 is 0 Å². The molecule has 2 aromatic rings. The Balaban J connectivity index is 0.00000131. The number of nitrogens with zero attached hydrogens (tertiary/aromatic N) is 3. The molecular formula is C27H37N5O8. The number of nitrogens with two attached hydrogens (primary N) is 2. The summed E-state index contributed by atoms with van der Waals surface area (Å²) in [7, 11) is 2.87. The number of rotatable bonds is 10. The van der Waals surface area contributed by atoms with Gasteiger partial charge in [-0.05, 0) is 55.9 Å². The number of hydrazine groups is 1. The lowest BCUT2D eigenvalue weighted by Gasteiger charge is -2.26. The molecule has 40 heavy (non-hydrogen) atoms. The number of pyridine rings is 1. The molecule has 1 saturated carbocycles. The third-order valence-electron chi connectivity index (χ3n) is 6.24. The van der Waals surface area contributed by atoms with E-state index in [0.717, 1.165) is 5.92 Å². The van der Waals surface area contributed by atoms with Crippen LogP contribution in [0.1, 0.15) is 44.0 Å². The van der Waals surface area contributed by atoms with E-state index < -0.39 is 11.1 Å². The van der Waals surface area contributed by atoms with Crippen molar-refractivity contribution in [3.05, 3.63) is 63.6 Å². The van der Waals surface area contributed by atoms with E-state index in [1.165, 1.54) is 62.1 Å². The van der Waals surface area contributed by atoms with Crippen LogP contribution in [0.4, 0.5) is 10.5 Å². The molecule has 13 nitrogen and oxygen atoms in total. The summed E-state index contributed by atoms with van der Waals surface area (Å²) in [6, 6.07) is 8.59. The number of non-ortho nitro benzene ring substituents is 1. The molecule has 13 heteroatoms. The lowest BCUT2D eigenvalue weighted by atomic mass is 9.83. The van der Waals surface area contributed by atoms with E-state index in [2.05, 4.69) is 16.6 Å². The van der Waals surface area contributed by atoms with Crippen molar-refractivity contribution in [3.63, 3.8) is 0 Å². The number of hydrogen-bond donors (Lipinski definition) is 2. The summed E-state index contributed by atoms with van der Waals surface area (Å²) in [6.45, 7) is 4.90. The van der Waals surface area contributed by atoms with Gasteiger partial charge in [0.25, 0.3) is 12.2 Å². The van der Waals surface area contributed by atoms with Crippen LogP contribution < -0.4 is 21.1 Å². The standard InChI is InChI=1S/C25H33N5O6.C2H4O2/c1-16-5-4-6-18(13-16)14-34-23-12-11-21(28-17(23)2)24(26)22(29(3)27)15-35-25(31)36-20-9-7-19(8-10-20)30(32)33;1-4-2-3/h7-12,16,18H,4-6,13-15,26-27H2,1-3H3;2H,1H3/b24-22-;. The molecule has 2 atom stereocenters. The number of benzene rings is 1. The smallest absolute Gasteiger partial charge is 0.491 e. The average molecular weight is 560 g/mol. The molecule has 3 rings (SSSR count). The van der Waals surface area contributed by atoms with E-state index in [9.17, 15) is 14.9 Å². The number of aromatic nitrogens is 1. The Morgan fingerprint density at radius 3 is 2.45 bits per heavy atom. The van der Waals surface area contributed by atoms with Gasteiger partial charge in [-0.3, -0.25) is 14.9 Å². The molecule has 0 aliphatic heterocycles. The van der Waals surface area contributed by atoms with Crippen molar-refractivity contribution in [1.29, 1.82) is 0 Å². The Hall–Kier alpha value is -4.39. The average Bonchev–Trinajstić information content (AvgIpc) is 2.92. The second-order valence-corrected chi connectivity index (χ2v) is 9.42. The van der Waals surface area contributed by atoms with E-state index in [0.29, 0.717) is 41.8 Å². The SMILES string of the molecule is COC=O.Cc1nc(/C(N)=C(\COC(=O)Oc2ccc([N+](=O)[O-])cc2)N(C)N)ccc1OCC1CCCC(C)C1. The molecule has 2 unspecified atom stereocenters. The number of nitro benzene ring substituents is 1. The van der Waals surface area contributed by atoms with E-state index >= 15 is 0 Å². The monoisotopic (exact) mass is 559 g/mol. The molecule has 4 N–H and O–H groups in total. The van der Waals surface area contributed by atoms with Crippen LogP contribution in [0.2, 0.25) is 0 Å². The van der Waals surface area contributed by atoms with Crippen LogP contribution in [-0.4, -0.2) is 54.9 Å². The zero-order chi connectivity index (χ0) is 29.7. The Kier molecular flexibility index (Phi) is 12.6. The second kappa shape index (κ2) is 15.9. The number of methoxy groups -OCH3 is 1. The summed E-state index contributed by atoms with van der Waals surface area (Å²) in [5.74, 6) is 8.01. The molecule has 218 valence electrons. The van der Waals surface area contributed by atoms with E-state index in [1.807, 2.05) is 13.0 Å². The Morgan fingerprint density at radius 1 is 1.23 bits per heavy atom. The fraction of sp³-hybridized carbons (Fsp3) is 0.444. The molecule has 1 aliphatic rings. The van der Waals surface area contributed by atoms with Crippen molar-refractivity contribution < 1.29 is 33.5 Å². The quantitative estimate of drug-likeness (QED) is 0.107. The molecule has 0 bridgehead atoms. The van der Waals surface area contributed by atoms with Crippen molar-refractivity contribution in [3.8, 4) is 11.5 Å². The molecule has 0 amide bonds. The maximum absolute atomic E-state index is 12.1. The first kappa shape index (κ1) is 31.8. The van der Waals surface area contributed by atoms with Crippen LogP contribution in [0.25, 0.3) is 5.70 Å². The summed E-state index contributed by atoms with van der Waals surface area (Å²) in [5, 5.41) is 12.0. The molecular weight excluding hydrogens is 522 g/mol. The number of aryl methyl sites for hydroxylation is 1. The minimum Gasteiger partial charge on any atom is -0.491 e. The molecule has 1 heterocycles. The summed E-state index contributed by atoms with van der Waals surface area (Å²) >= 11 is 0. The maximum atomic E-state index is 12.1. The van der Waals surface area contributed by atoms with Crippen molar-refractivity contribution in [2.75, 3.05) is 27.4 Å². The summed E-state index contributed by atoms with van der Waals surface area (Å²) in [6.07, 6.45) is 3.88. The summed E-state index contributed by atoms with van der Waals surface area (Å²) in [5.41, 5.74) is 7.89. The zero-order valence-corrected chi connectivity index (χ0v) is 23.2. The summed E-state index contributed by atoms with van der Waals surface area (Å²) < 4.78 is 20.1. The number of likely N-dealkylation sites (N-methyl/N-ethyl adjacent to an activating group) is 1. The Labute approximate surface area is 233 Å². The van der Waals surface area contributed by atoms with Crippen LogP contribution in [0.5, 0.6) is 11.5 Å². The van der Waals surface area contributed by atoms with Gasteiger partial charge in [0.05, 0.1) is 41.4 Å². The van der Waals surface area contributed by atoms with Gasteiger partial charge in [-0.1, -0.05) is 19.8 Å². The van der Waals surface area contributed by atoms with Crippen molar-refractivity contribution in [2.24, 2.45) is 23.4 Å². The lowest BCUT2D eigenvalue weighted by Crippen LogP contribution is -2.31. The van der Waals surface area contributed by atoms with Gasteiger partial charge in [0.1, 0.15) is 18.1 Å². The van der Waals surface area contributed by atoms with Crippen molar-refractivity contribution in [2.45, 2.75) is 39.5 Å². The number of carbonyl (C=O) groups excluding carboxylic acids is 2. The number of nitro groups is 1. The van der Waals surface area contributed by atoms with E-state index in [1.54, 1.807) is 13.1 Å². The third kappa shape index (κ3) is 10.1. The first-order valence-electron chi connectivity index (χ1n) is 12.7. The van der Waals surface area contributed by atoms with Gasteiger partial charge < -0.3 is 29.7 Å². The van der Waals surface area contributed by atoms with Crippen LogP contribution in [-0.2, 0) is 14.3 Å². The minimum atomic E-state index is -1.01. The van der Waals surface area contributed by atoms with Gasteiger partial charge in [0.2, 0.25) is 0 Å². The topological polar surface area (TPSA) is 182 Å². The molecule has 0 saturated heterocycles. The Bertz CT molecular complexity index is 1170. The molecule has 1 aliphatic carbocycles. The third-order valence-corrected chi connectivity index (χ3v) is 6.24. The highest BCUT2D eigenvalue weighted by molar-refractivity contribution is 5.66. The van der Waals surface area contributed by atoms with Crippen LogP contribution in [0, 0.1) is 28.9 Å². The van der Waals surface area contributed by atoms with Gasteiger partial charge in [-0.2, -0.15) is 0 Å². The fourth-order valence-electron chi connectivity index (χ4n) is 4.18. The van der Waals surface area contributed by atoms with Crippen LogP contribution in [0.3, 0.4) is 0 Å². The molecule has 1 aromatic carbocycles. The molecule has 0 spiro atoms. The highest BCUT2D eigenvalue weighted by Crippen LogP contribution is 2.30. The lowest BCUT2D eigenvalue weighted by molar-refractivity contribution is -0.384. The predicted molar refractivity (Wildman–Crippen MR) is 147 cm³/mol. The number of hydrogen-bond acceptors (Lipinski definition) is 12. The number of ether oxygens (including phenoxy) is 4. The first-order chi connectivity index (χ1) is 19.0. The molecule has 0 radical (unpaired) electrons. The largest absolute Gasteiger partial charge is 0.514 e. The molecule has 1 fully saturated rings. The van der Waals surface area contributed by atoms with Crippen LogP contribution in [0.15, 0.2) is 42.1 Å². The molecule has 1 aromatic heterocycles. The number of carbonyl (C=O) groups is 2. The predicted octanol–water partition coefficient (Wildman–Crippen LogP) is 3.94. The zero-order valence-electron chi connectivity index (χ0n) is 23.2. The van der Waals surface area contributed by atoms with Gasteiger partial charge in [-0.15, -0.1) is 0 Å². The highest BCUT2D eigenvalue weighted by atomic mass is 16.7. The van der Waals surface area contributed by atoms with Gasteiger partial charge >= 0.3 is 6.16 Å². The van der Waals surface area contributed by atoms with Crippen molar-refractivity contribution >= 4 is 24.0 Å². The van der Waals surface area contributed by atoms with Crippen molar-refractivity contribution in [1.82, 2.24) is 9.99 Å².